The molecule has 1 unspecified atom stereocenters. The quantitative estimate of drug-likeness (QED) is 0.885. The molecule has 5 nitrogen and oxygen atoms in total. The zero-order valence-corrected chi connectivity index (χ0v) is 13.0. The molecule has 3 N–H and O–H groups in total. The van der Waals surface area contributed by atoms with Gasteiger partial charge in [-0.25, -0.2) is 0 Å². The van der Waals surface area contributed by atoms with E-state index in [9.17, 15) is 9.90 Å². The summed E-state index contributed by atoms with van der Waals surface area (Å²) in [5.41, 5.74) is 6.13. The molecule has 0 radical (unpaired) electrons. The summed E-state index contributed by atoms with van der Waals surface area (Å²) in [5.74, 6) is -0.0769. The van der Waals surface area contributed by atoms with Crippen molar-refractivity contribution in [2.24, 2.45) is 5.73 Å². The third-order valence-corrected chi connectivity index (χ3v) is 4.37. The van der Waals surface area contributed by atoms with Crippen LogP contribution in [0.3, 0.4) is 0 Å². The summed E-state index contributed by atoms with van der Waals surface area (Å²) in [5, 5.41) is 9.88. The molecule has 0 saturated carbocycles. The summed E-state index contributed by atoms with van der Waals surface area (Å²) in [7, 11) is 0. The highest BCUT2D eigenvalue weighted by Gasteiger charge is 2.26. The molecule has 21 heavy (non-hydrogen) atoms. The Kier molecular flexibility index (Phi) is 5.45. The smallest absolute Gasteiger partial charge is 0.255 e. The first kappa shape index (κ1) is 16.1. The van der Waals surface area contributed by atoms with Gasteiger partial charge in [-0.1, -0.05) is 18.5 Å². The maximum absolute atomic E-state index is 12.5. The lowest BCUT2D eigenvalue weighted by Gasteiger charge is -2.38. The van der Waals surface area contributed by atoms with Gasteiger partial charge in [-0.05, 0) is 24.6 Å². The Labute approximate surface area is 130 Å². The standard InChI is InChI=1S/C15H22ClN3O2/c1-2-11(10-17)18-5-7-19(8-6-18)15(21)13-9-12(20)3-4-14(13)16/h3-4,9,11,20H,2,5-8,10,17H2,1H3. The van der Waals surface area contributed by atoms with Crippen LogP contribution in [-0.4, -0.2) is 59.6 Å². The van der Waals surface area contributed by atoms with Crippen LogP contribution in [0.5, 0.6) is 5.75 Å². The summed E-state index contributed by atoms with van der Waals surface area (Å²) >= 11 is 6.05. The number of hydrogen-bond donors (Lipinski definition) is 2. The van der Waals surface area contributed by atoms with E-state index in [2.05, 4.69) is 11.8 Å². The fraction of sp³-hybridized carbons (Fsp3) is 0.533. The number of nitrogens with two attached hydrogens (primary N) is 1. The number of nitrogens with zero attached hydrogens (tertiary/aromatic N) is 2. The summed E-state index contributed by atoms with van der Waals surface area (Å²) in [6, 6.07) is 4.82. The van der Waals surface area contributed by atoms with Crippen molar-refractivity contribution in [2.45, 2.75) is 19.4 Å². The molecule has 2 rings (SSSR count). The average Bonchev–Trinajstić information content (AvgIpc) is 2.51. The van der Waals surface area contributed by atoms with E-state index in [4.69, 9.17) is 17.3 Å². The molecule has 116 valence electrons. The zero-order chi connectivity index (χ0) is 15.4. The molecule has 1 atom stereocenters. The van der Waals surface area contributed by atoms with Crippen molar-refractivity contribution in [3.05, 3.63) is 28.8 Å². The molecular formula is C15H22ClN3O2. The fourth-order valence-corrected chi connectivity index (χ4v) is 2.91. The highest BCUT2D eigenvalue weighted by Crippen LogP contribution is 2.23. The van der Waals surface area contributed by atoms with Crippen molar-refractivity contribution in [3.8, 4) is 5.75 Å². The molecule has 0 spiro atoms. The SMILES string of the molecule is CCC(CN)N1CCN(C(=O)c2cc(O)ccc2Cl)CC1. The van der Waals surface area contributed by atoms with Gasteiger partial charge in [0.15, 0.2) is 0 Å². The maximum atomic E-state index is 12.5. The van der Waals surface area contributed by atoms with E-state index in [1.807, 2.05) is 0 Å². The highest BCUT2D eigenvalue weighted by molar-refractivity contribution is 6.33. The van der Waals surface area contributed by atoms with Gasteiger partial charge in [-0.3, -0.25) is 9.69 Å². The number of carbonyl (C=O) groups excluding carboxylic acids is 1. The predicted molar refractivity (Wildman–Crippen MR) is 83.7 cm³/mol. The summed E-state index contributed by atoms with van der Waals surface area (Å²) in [4.78, 5) is 16.6. The van der Waals surface area contributed by atoms with Crippen molar-refractivity contribution in [1.82, 2.24) is 9.80 Å². The Bertz CT molecular complexity index is 498. The number of aromatic hydroxyl groups is 1. The maximum Gasteiger partial charge on any atom is 0.255 e. The molecular weight excluding hydrogens is 290 g/mol. The van der Waals surface area contributed by atoms with E-state index >= 15 is 0 Å². The number of carbonyl (C=O) groups is 1. The molecule has 1 heterocycles. The largest absolute Gasteiger partial charge is 0.508 e. The zero-order valence-electron chi connectivity index (χ0n) is 12.3. The third kappa shape index (κ3) is 3.67. The number of halogens is 1. The van der Waals surface area contributed by atoms with Crippen molar-refractivity contribution in [3.63, 3.8) is 0 Å². The average molecular weight is 312 g/mol. The first-order valence-electron chi connectivity index (χ1n) is 7.28. The van der Waals surface area contributed by atoms with Crippen molar-refractivity contribution in [1.29, 1.82) is 0 Å². The van der Waals surface area contributed by atoms with Crippen molar-refractivity contribution >= 4 is 17.5 Å². The lowest BCUT2D eigenvalue weighted by atomic mass is 10.1. The molecule has 1 fully saturated rings. The number of piperazine rings is 1. The lowest BCUT2D eigenvalue weighted by Crippen LogP contribution is -2.53. The Balaban J connectivity index is 2.02. The van der Waals surface area contributed by atoms with Crippen LogP contribution >= 0.6 is 11.6 Å². The Hall–Kier alpha value is -1.30. The molecule has 1 aliphatic heterocycles. The van der Waals surface area contributed by atoms with E-state index in [0.717, 1.165) is 19.5 Å². The van der Waals surface area contributed by atoms with Gasteiger partial charge in [0.1, 0.15) is 5.75 Å². The van der Waals surface area contributed by atoms with Crippen LogP contribution in [0.25, 0.3) is 0 Å². The van der Waals surface area contributed by atoms with E-state index in [1.165, 1.54) is 12.1 Å². The second-order valence-electron chi connectivity index (χ2n) is 5.29. The van der Waals surface area contributed by atoms with E-state index < -0.39 is 0 Å². The normalized spacial score (nSPS) is 17.8. The number of amides is 1. The fourth-order valence-electron chi connectivity index (χ4n) is 2.71. The van der Waals surface area contributed by atoms with Gasteiger partial charge >= 0.3 is 0 Å². The van der Waals surface area contributed by atoms with Gasteiger partial charge in [-0.2, -0.15) is 0 Å². The molecule has 0 bridgehead atoms. The molecule has 1 aromatic carbocycles. The molecule has 0 aromatic heterocycles. The molecule has 1 aliphatic rings. The summed E-state index contributed by atoms with van der Waals surface area (Å²) < 4.78 is 0. The third-order valence-electron chi connectivity index (χ3n) is 4.04. The Morgan fingerprint density at radius 3 is 2.62 bits per heavy atom. The van der Waals surface area contributed by atoms with Crippen molar-refractivity contribution < 1.29 is 9.90 Å². The molecule has 6 heteroatoms. The lowest BCUT2D eigenvalue weighted by molar-refractivity contribution is 0.0571. The number of hydrogen-bond acceptors (Lipinski definition) is 4. The highest BCUT2D eigenvalue weighted by atomic mass is 35.5. The molecule has 1 aromatic rings. The summed E-state index contributed by atoms with van der Waals surface area (Å²) in [6.07, 6.45) is 1.02. The van der Waals surface area contributed by atoms with E-state index in [1.54, 1.807) is 11.0 Å². The second kappa shape index (κ2) is 7.11. The minimum atomic E-state index is -0.128. The molecule has 1 amide bonds. The van der Waals surface area contributed by atoms with Gasteiger partial charge in [-0.15, -0.1) is 0 Å². The van der Waals surface area contributed by atoms with Gasteiger partial charge in [0.2, 0.25) is 0 Å². The Morgan fingerprint density at radius 1 is 1.38 bits per heavy atom. The number of benzene rings is 1. The second-order valence-corrected chi connectivity index (χ2v) is 5.70. The predicted octanol–water partition coefficient (Wildman–Crippen LogP) is 1.54. The van der Waals surface area contributed by atoms with Crippen LogP contribution in [0.4, 0.5) is 0 Å². The van der Waals surface area contributed by atoms with Crippen LogP contribution < -0.4 is 5.73 Å². The molecule has 0 aliphatic carbocycles. The van der Waals surface area contributed by atoms with Gasteiger partial charge in [0.05, 0.1) is 10.6 Å². The first-order valence-corrected chi connectivity index (χ1v) is 7.66. The van der Waals surface area contributed by atoms with Gasteiger partial charge in [0, 0.05) is 38.8 Å². The topological polar surface area (TPSA) is 69.8 Å². The van der Waals surface area contributed by atoms with Gasteiger partial charge in [0.25, 0.3) is 5.91 Å². The van der Waals surface area contributed by atoms with Crippen molar-refractivity contribution in [2.75, 3.05) is 32.7 Å². The van der Waals surface area contributed by atoms with Crippen LogP contribution in [0.15, 0.2) is 18.2 Å². The van der Waals surface area contributed by atoms with E-state index in [0.29, 0.717) is 36.3 Å². The summed E-state index contributed by atoms with van der Waals surface area (Å²) in [6.45, 7) is 5.71. The molecule has 1 saturated heterocycles. The Morgan fingerprint density at radius 2 is 2.05 bits per heavy atom. The minimum Gasteiger partial charge on any atom is -0.508 e. The monoisotopic (exact) mass is 311 g/mol. The first-order chi connectivity index (χ1) is 10.1. The number of rotatable bonds is 4. The van der Waals surface area contributed by atoms with Crippen LogP contribution in [0.1, 0.15) is 23.7 Å². The number of phenolic OH excluding ortho intramolecular Hbond substituents is 1. The van der Waals surface area contributed by atoms with Crippen LogP contribution in [0.2, 0.25) is 5.02 Å². The minimum absolute atomic E-state index is 0.0514. The van der Waals surface area contributed by atoms with Crippen LogP contribution in [-0.2, 0) is 0 Å². The van der Waals surface area contributed by atoms with E-state index in [-0.39, 0.29) is 11.7 Å². The number of phenols is 1. The van der Waals surface area contributed by atoms with Crippen LogP contribution in [0, 0.1) is 0 Å². The van der Waals surface area contributed by atoms with Gasteiger partial charge < -0.3 is 15.7 Å².